The normalized spacial score (nSPS) is 13.0. The van der Waals surface area contributed by atoms with Gasteiger partial charge in [0, 0.05) is 28.2 Å². The Labute approximate surface area is 177 Å². The first kappa shape index (κ1) is 17.5. The average molecular weight is 388 g/mol. The third kappa shape index (κ3) is 2.48. The van der Waals surface area contributed by atoms with Gasteiger partial charge < -0.3 is 4.90 Å². The lowest BCUT2D eigenvalue weighted by Crippen LogP contribution is -2.26. The van der Waals surface area contributed by atoms with Crippen LogP contribution in [0.2, 0.25) is 0 Å². The molecule has 5 aromatic rings. The van der Waals surface area contributed by atoms with Crippen LogP contribution in [0.4, 0.5) is 11.4 Å². The van der Waals surface area contributed by atoms with Crippen LogP contribution in [-0.4, -0.2) is 6.04 Å². The molecule has 1 aliphatic rings. The van der Waals surface area contributed by atoms with Gasteiger partial charge in [-0.3, -0.25) is 0 Å². The molecule has 1 heteroatoms. The minimum Gasteiger partial charge on any atom is -0.338 e. The third-order valence-corrected chi connectivity index (χ3v) is 6.64. The molecule has 6 rings (SSSR count). The molecule has 0 N–H and O–H groups in total. The summed E-state index contributed by atoms with van der Waals surface area (Å²) in [5.41, 5.74) is 5.60. The van der Waals surface area contributed by atoms with Crippen LogP contribution >= 0.6 is 0 Å². The van der Waals surface area contributed by atoms with Crippen LogP contribution < -0.4 is 4.90 Å². The zero-order valence-corrected chi connectivity index (χ0v) is 17.5. The van der Waals surface area contributed by atoms with Gasteiger partial charge in [0.1, 0.15) is 0 Å². The Morgan fingerprint density at radius 2 is 1.27 bits per heavy atom. The van der Waals surface area contributed by atoms with Gasteiger partial charge in [-0.2, -0.15) is 0 Å². The summed E-state index contributed by atoms with van der Waals surface area (Å²) >= 11 is 0. The predicted molar refractivity (Wildman–Crippen MR) is 130 cm³/mol. The van der Waals surface area contributed by atoms with Crippen molar-refractivity contribution in [3.63, 3.8) is 0 Å². The highest BCUT2D eigenvalue weighted by molar-refractivity contribution is 6.14. The molecular formula is C29H25N. The van der Waals surface area contributed by atoms with E-state index < -0.39 is 0 Å². The van der Waals surface area contributed by atoms with Gasteiger partial charge in [-0.25, -0.2) is 0 Å². The summed E-state index contributed by atoms with van der Waals surface area (Å²) in [6.45, 7) is 4.60. The molecule has 0 aliphatic heterocycles. The fourth-order valence-electron chi connectivity index (χ4n) is 5.36. The first-order chi connectivity index (χ1) is 14.7. The van der Waals surface area contributed by atoms with E-state index in [2.05, 4.69) is 104 Å². The van der Waals surface area contributed by atoms with Crippen molar-refractivity contribution < 1.29 is 0 Å². The lowest BCUT2D eigenvalue weighted by Gasteiger charge is -2.32. The van der Waals surface area contributed by atoms with Crippen molar-refractivity contribution in [3.05, 3.63) is 96.1 Å². The number of anilines is 2. The molecule has 0 heterocycles. The second kappa shape index (κ2) is 6.60. The molecule has 0 fully saturated rings. The van der Waals surface area contributed by atoms with Crippen LogP contribution in [0.1, 0.15) is 25.0 Å². The quantitative estimate of drug-likeness (QED) is 0.286. The molecule has 0 aromatic heterocycles. The van der Waals surface area contributed by atoms with Crippen molar-refractivity contribution in [1.82, 2.24) is 0 Å². The zero-order valence-electron chi connectivity index (χ0n) is 17.5. The molecule has 0 saturated heterocycles. The summed E-state index contributed by atoms with van der Waals surface area (Å²) in [4.78, 5) is 2.54. The third-order valence-electron chi connectivity index (χ3n) is 6.64. The largest absolute Gasteiger partial charge is 0.338 e. The Kier molecular flexibility index (Phi) is 3.86. The smallest absolute Gasteiger partial charge is 0.0499 e. The molecule has 0 unspecified atom stereocenters. The molecule has 30 heavy (non-hydrogen) atoms. The van der Waals surface area contributed by atoms with E-state index in [9.17, 15) is 0 Å². The minimum absolute atomic E-state index is 0.341. The molecule has 0 amide bonds. The zero-order chi connectivity index (χ0) is 20.2. The highest BCUT2D eigenvalue weighted by atomic mass is 15.2. The van der Waals surface area contributed by atoms with Crippen molar-refractivity contribution in [1.29, 1.82) is 0 Å². The van der Waals surface area contributed by atoms with Crippen molar-refractivity contribution >= 4 is 43.7 Å². The van der Waals surface area contributed by atoms with Crippen LogP contribution in [0.25, 0.3) is 32.3 Å². The van der Waals surface area contributed by atoms with E-state index in [1.165, 1.54) is 54.8 Å². The van der Waals surface area contributed by atoms with Crippen molar-refractivity contribution in [2.75, 3.05) is 4.90 Å². The molecular weight excluding hydrogens is 362 g/mol. The standard InChI is InChI=1S/C29H25N/c1-19(2)30(27-17-16-21-15-14-20-9-7-13-26(27)29(20)21)28-18-22-8-3-4-10-23(22)24-11-5-6-12-25(24)28/h3-13,16-19H,14-15H2,1-2H3. The summed E-state index contributed by atoms with van der Waals surface area (Å²) in [6, 6.07) is 31.8. The van der Waals surface area contributed by atoms with Crippen molar-refractivity contribution in [2.24, 2.45) is 0 Å². The number of fused-ring (bicyclic) bond motifs is 3. The predicted octanol–water partition coefficient (Wildman–Crippen LogP) is 7.79. The monoisotopic (exact) mass is 387 g/mol. The van der Waals surface area contributed by atoms with Gasteiger partial charge in [0.25, 0.3) is 0 Å². The highest BCUT2D eigenvalue weighted by Gasteiger charge is 2.22. The Morgan fingerprint density at radius 1 is 0.600 bits per heavy atom. The Balaban J connectivity index is 1.70. The van der Waals surface area contributed by atoms with E-state index >= 15 is 0 Å². The number of hydrogen-bond acceptors (Lipinski definition) is 1. The van der Waals surface area contributed by atoms with Gasteiger partial charge in [-0.1, -0.05) is 72.8 Å². The molecule has 1 aliphatic carbocycles. The molecule has 1 nitrogen and oxygen atoms in total. The van der Waals surface area contributed by atoms with Crippen molar-refractivity contribution in [2.45, 2.75) is 32.7 Å². The van der Waals surface area contributed by atoms with Crippen LogP contribution in [-0.2, 0) is 12.8 Å². The SMILES string of the molecule is CC(C)N(c1ccc2c3c(cccc13)CC2)c1cc2ccccc2c2ccccc12. The van der Waals surface area contributed by atoms with Crippen LogP contribution in [0.15, 0.2) is 84.9 Å². The van der Waals surface area contributed by atoms with Crippen LogP contribution in [0, 0.1) is 0 Å². The molecule has 0 bridgehead atoms. The van der Waals surface area contributed by atoms with Gasteiger partial charge in [-0.05, 0) is 71.5 Å². The van der Waals surface area contributed by atoms with Crippen LogP contribution in [0.5, 0.6) is 0 Å². The van der Waals surface area contributed by atoms with Gasteiger partial charge >= 0.3 is 0 Å². The summed E-state index contributed by atoms with van der Waals surface area (Å²) < 4.78 is 0. The second-order valence-corrected chi connectivity index (χ2v) is 8.71. The topological polar surface area (TPSA) is 3.24 Å². The lowest BCUT2D eigenvalue weighted by atomic mass is 9.97. The molecule has 146 valence electrons. The van der Waals surface area contributed by atoms with Gasteiger partial charge in [-0.15, -0.1) is 0 Å². The number of aryl methyl sites for hydroxylation is 2. The first-order valence-electron chi connectivity index (χ1n) is 11.0. The fraction of sp³-hybridized carbons (Fsp3) is 0.172. The number of hydrogen-bond donors (Lipinski definition) is 0. The summed E-state index contributed by atoms with van der Waals surface area (Å²) in [5, 5.41) is 8.11. The number of rotatable bonds is 3. The molecule has 0 spiro atoms. The molecule has 5 aromatic carbocycles. The fourth-order valence-corrected chi connectivity index (χ4v) is 5.36. The van der Waals surface area contributed by atoms with Gasteiger partial charge in [0.15, 0.2) is 0 Å². The highest BCUT2D eigenvalue weighted by Crippen LogP contribution is 2.43. The van der Waals surface area contributed by atoms with Gasteiger partial charge in [0.05, 0.1) is 0 Å². The van der Waals surface area contributed by atoms with E-state index in [0.717, 1.165) is 12.8 Å². The maximum atomic E-state index is 2.54. The maximum absolute atomic E-state index is 2.54. The lowest BCUT2D eigenvalue weighted by molar-refractivity contribution is 0.794. The van der Waals surface area contributed by atoms with Crippen LogP contribution in [0.3, 0.4) is 0 Å². The Bertz CT molecular complexity index is 1420. The first-order valence-corrected chi connectivity index (χ1v) is 11.0. The second-order valence-electron chi connectivity index (χ2n) is 8.71. The molecule has 0 saturated carbocycles. The Morgan fingerprint density at radius 3 is 2.07 bits per heavy atom. The van der Waals surface area contributed by atoms with E-state index in [0.29, 0.717) is 6.04 Å². The van der Waals surface area contributed by atoms with E-state index in [1.54, 1.807) is 0 Å². The molecule has 0 atom stereocenters. The number of nitrogens with zero attached hydrogens (tertiary/aromatic N) is 1. The minimum atomic E-state index is 0.341. The summed E-state index contributed by atoms with van der Waals surface area (Å²) in [6.07, 6.45) is 2.33. The summed E-state index contributed by atoms with van der Waals surface area (Å²) in [5.74, 6) is 0. The number of benzene rings is 5. The summed E-state index contributed by atoms with van der Waals surface area (Å²) in [7, 11) is 0. The van der Waals surface area contributed by atoms with E-state index in [4.69, 9.17) is 0 Å². The van der Waals surface area contributed by atoms with E-state index in [1.807, 2.05) is 0 Å². The van der Waals surface area contributed by atoms with E-state index in [-0.39, 0.29) is 0 Å². The maximum Gasteiger partial charge on any atom is 0.0499 e. The van der Waals surface area contributed by atoms with Crippen molar-refractivity contribution in [3.8, 4) is 0 Å². The average Bonchev–Trinajstić information content (AvgIpc) is 3.20. The Hall–Kier alpha value is -3.32. The van der Waals surface area contributed by atoms with Gasteiger partial charge in [0.2, 0.25) is 0 Å². The molecule has 0 radical (unpaired) electrons.